The second-order valence-electron chi connectivity index (χ2n) is 19.8. The first kappa shape index (κ1) is 39.5. The van der Waals surface area contributed by atoms with Crippen LogP contribution in [0.1, 0.15) is 83.0 Å². The van der Waals surface area contributed by atoms with Crippen molar-refractivity contribution in [2.45, 2.75) is 62.6 Å². The van der Waals surface area contributed by atoms with E-state index in [0.717, 1.165) is 25.7 Å². The third kappa shape index (κ3) is 6.23. The molecule has 5 aromatic rings. The molecule has 0 radical (unpaired) electrons. The molecule has 3 heteroatoms. The molecule has 3 nitrogen and oxygen atoms in total. The van der Waals surface area contributed by atoms with Crippen molar-refractivity contribution in [1.29, 1.82) is 0 Å². The Bertz CT molecular complexity index is 3060. The summed E-state index contributed by atoms with van der Waals surface area (Å²) in [4.78, 5) is 7.92. The highest BCUT2D eigenvalue weighted by atomic mass is 15.2. The minimum absolute atomic E-state index is 0.113. The van der Waals surface area contributed by atoms with E-state index in [4.69, 9.17) is 0 Å². The second kappa shape index (κ2) is 15.9. The van der Waals surface area contributed by atoms with E-state index in [1.807, 2.05) is 0 Å². The molecule has 0 N–H and O–H groups in total. The van der Waals surface area contributed by atoms with Gasteiger partial charge in [0.15, 0.2) is 0 Å². The van der Waals surface area contributed by atoms with Crippen molar-refractivity contribution in [3.8, 4) is 0 Å². The zero-order chi connectivity index (χ0) is 43.9. The summed E-state index contributed by atoms with van der Waals surface area (Å²) in [7, 11) is 2.30. The van der Waals surface area contributed by atoms with Gasteiger partial charge in [0, 0.05) is 64.7 Å². The van der Waals surface area contributed by atoms with E-state index in [1.54, 1.807) is 0 Å². The summed E-state index contributed by atoms with van der Waals surface area (Å²) in [6, 6.07) is 45.0. The summed E-state index contributed by atoms with van der Waals surface area (Å²) in [6.07, 6.45) is 40.2. The molecule has 324 valence electrons. The molecule has 3 heterocycles. The van der Waals surface area contributed by atoms with Crippen LogP contribution in [-0.4, -0.2) is 13.1 Å². The van der Waals surface area contributed by atoms with E-state index in [9.17, 15) is 0 Å². The van der Waals surface area contributed by atoms with Crippen molar-refractivity contribution in [3.05, 3.63) is 251 Å². The number of hydrogen-bond donors (Lipinski definition) is 0. The lowest BCUT2D eigenvalue weighted by molar-refractivity contribution is 0.424. The third-order valence-electron chi connectivity index (χ3n) is 16.4. The largest absolute Gasteiger partial charge is 0.363 e. The van der Waals surface area contributed by atoms with Gasteiger partial charge in [-0.2, -0.15) is 0 Å². The Balaban J connectivity index is 0.910. The molecule has 0 saturated carbocycles. The zero-order valence-electron chi connectivity index (χ0n) is 38.0. The second-order valence-corrected chi connectivity index (χ2v) is 19.8. The van der Waals surface area contributed by atoms with Crippen molar-refractivity contribution in [3.63, 3.8) is 0 Å². The predicted octanol–water partition coefficient (Wildman–Crippen LogP) is 15.4. The molecule has 3 aliphatic heterocycles. The van der Waals surface area contributed by atoms with Crippen LogP contribution in [0.3, 0.4) is 0 Å². The topological polar surface area (TPSA) is 9.72 Å². The van der Waals surface area contributed by atoms with Crippen molar-refractivity contribution in [2.24, 2.45) is 23.7 Å². The maximum atomic E-state index is 2.71. The number of rotatable bonds is 5. The van der Waals surface area contributed by atoms with Gasteiger partial charge in [-0.05, 0) is 131 Å². The predicted molar refractivity (Wildman–Crippen MR) is 276 cm³/mol. The lowest BCUT2D eigenvalue weighted by Crippen LogP contribution is -2.38. The molecule has 0 bridgehead atoms. The van der Waals surface area contributed by atoms with E-state index in [1.165, 1.54) is 78.5 Å². The molecule has 0 fully saturated rings. The fraction of sp³-hybridized carbons (Fsp3) is 0.238. The third-order valence-corrected chi connectivity index (χ3v) is 16.4. The molecule has 5 aromatic carbocycles. The highest BCUT2D eigenvalue weighted by Gasteiger charge is 2.50. The van der Waals surface area contributed by atoms with Gasteiger partial charge in [-0.25, -0.2) is 0 Å². The van der Waals surface area contributed by atoms with Crippen LogP contribution in [-0.2, 0) is 0 Å². The molecule has 0 amide bonds. The summed E-state index contributed by atoms with van der Waals surface area (Å²) >= 11 is 0. The first-order valence-corrected chi connectivity index (χ1v) is 24.5. The fourth-order valence-electron chi connectivity index (χ4n) is 13.5. The lowest BCUT2D eigenvalue weighted by Gasteiger charge is -2.42. The van der Waals surface area contributed by atoms with Crippen LogP contribution < -0.4 is 14.7 Å². The Morgan fingerprint density at radius 1 is 0.576 bits per heavy atom. The molecule has 5 aliphatic carbocycles. The van der Waals surface area contributed by atoms with Crippen LogP contribution >= 0.6 is 0 Å². The van der Waals surface area contributed by atoms with Crippen LogP contribution in [0.5, 0.6) is 0 Å². The maximum Gasteiger partial charge on any atom is 0.0798 e. The first-order chi connectivity index (χ1) is 32.6. The van der Waals surface area contributed by atoms with Gasteiger partial charge in [-0.3, -0.25) is 0 Å². The Morgan fingerprint density at radius 3 is 2.18 bits per heavy atom. The Labute approximate surface area is 391 Å². The maximum absolute atomic E-state index is 2.71. The van der Waals surface area contributed by atoms with Crippen molar-refractivity contribution < 1.29 is 0 Å². The summed E-state index contributed by atoms with van der Waals surface area (Å²) in [5.41, 5.74) is 19.2. The van der Waals surface area contributed by atoms with Gasteiger partial charge in [0.05, 0.1) is 18.1 Å². The number of likely N-dealkylation sites (N-methyl/N-ethyl adjacent to an activating group) is 1. The number of benzene rings is 5. The Kier molecular flexibility index (Phi) is 9.55. The summed E-state index contributed by atoms with van der Waals surface area (Å²) < 4.78 is 0. The normalized spacial score (nSPS) is 28.5. The SMILES string of the molecule is Cc1cc(N2c3ccccc3C3C(c4ccccc4N3c3cccc(C4CC=CC5C=CC=CC54)c3)[C@@H]3C=CC=C[C@@H]32)ccc1C1C2=C(CC(C3=CCCC=C3)C=C2)c2ccccc2N1C. The highest BCUT2D eigenvalue weighted by Crippen LogP contribution is 2.61. The monoisotopic (exact) mass is 855 g/mol. The smallest absolute Gasteiger partial charge is 0.0798 e. The summed E-state index contributed by atoms with van der Waals surface area (Å²) in [5, 5.41) is 0. The van der Waals surface area contributed by atoms with Gasteiger partial charge in [0.25, 0.3) is 0 Å². The van der Waals surface area contributed by atoms with Crippen molar-refractivity contribution in [2.75, 3.05) is 21.7 Å². The fourth-order valence-corrected chi connectivity index (χ4v) is 13.5. The quantitative estimate of drug-likeness (QED) is 0.163. The molecular weight excluding hydrogens is 799 g/mol. The number of hydrogen-bond acceptors (Lipinski definition) is 3. The average molecular weight is 856 g/mol. The molecule has 8 aliphatic rings. The van der Waals surface area contributed by atoms with E-state index in [2.05, 4.69) is 235 Å². The van der Waals surface area contributed by atoms with Crippen molar-refractivity contribution in [1.82, 2.24) is 0 Å². The van der Waals surface area contributed by atoms with Crippen LogP contribution in [0.4, 0.5) is 28.4 Å². The van der Waals surface area contributed by atoms with Gasteiger partial charge in [0.1, 0.15) is 0 Å². The van der Waals surface area contributed by atoms with Gasteiger partial charge < -0.3 is 14.7 Å². The molecule has 13 rings (SSSR count). The van der Waals surface area contributed by atoms with E-state index >= 15 is 0 Å². The summed E-state index contributed by atoms with van der Waals surface area (Å²) in [6.45, 7) is 2.35. The number of fused-ring (bicyclic) bond motifs is 10. The molecule has 0 aromatic heterocycles. The standard InChI is InChI=1S/C63H57N3/c1-41-38-47(35-37-48(41)62-52-36-34-44(42-18-4-3-5-19-42)40-56(52)51-25-8-12-30-57(51)64(62)2)65-58-31-13-9-26-53(58)61-54-27-10-14-32-59(54)66(63(61)55-28-11-15-33-60(55)65)46-23-16-22-45(39-46)50-29-17-21-43-20-6-7-24-49(43)50/h4,6-28,30-39,43-44,49-50,53,58,61-63H,3,5,29,40H2,1-2H3/t43?,44?,49?,50?,53-,58+,61?,62?,63?/m1/s1. The number of allylic oxidation sites excluding steroid dienone is 14. The molecule has 0 saturated heterocycles. The van der Waals surface area contributed by atoms with E-state index < -0.39 is 0 Å². The van der Waals surface area contributed by atoms with E-state index in [-0.39, 0.29) is 30.0 Å². The molecule has 0 spiro atoms. The zero-order valence-corrected chi connectivity index (χ0v) is 38.0. The minimum Gasteiger partial charge on any atom is -0.363 e. The van der Waals surface area contributed by atoms with Gasteiger partial charge >= 0.3 is 0 Å². The molecular formula is C63H57N3. The Hall–Kier alpha value is -6.84. The molecule has 66 heavy (non-hydrogen) atoms. The van der Waals surface area contributed by atoms with Crippen molar-refractivity contribution >= 4 is 34.0 Å². The molecule has 7 unspecified atom stereocenters. The first-order valence-electron chi connectivity index (χ1n) is 24.5. The van der Waals surface area contributed by atoms with E-state index in [0.29, 0.717) is 23.7 Å². The number of aryl methyl sites for hydroxylation is 1. The van der Waals surface area contributed by atoms with Gasteiger partial charge in [-0.15, -0.1) is 0 Å². The van der Waals surface area contributed by atoms with Crippen LogP contribution in [0.25, 0.3) is 5.57 Å². The number of anilines is 5. The highest BCUT2D eigenvalue weighted by molar-refractivity contribution is 5.87. The number of para-hydroxylation sites is 3. The Morgan fingerprint density at radius 2 is 1.33 bits per heavy atom. The lowest BCUT2D eigenvalue weighted by atomic mass is 9.71. The van der Waals surface area contributed by atoms with Crippen LogP contribution in [0.15, 0.2) is 218 Å². The van der Waals surface area contributed by atoms with Gasteiger partial charge in [0.2, 0.25) is 0 Å². The van der Waals surface area contributed by atoms with Crippen LogP contribution in [0.2, 0.25) is 0 Å². The van der Waals surface area contributed by atoms with Crippen LogP contribution in [0, 0.1) is 30.6 Å². The minimum atomic E-state index is 0.113. The molecule has 9 atom stereocenters. The summed E-state index contributed by atoms with van der Waals surface area (Å²) in [5.74, 6) is 2.30. The average Bonchev–Trinajstić information content (AvgIpc) is 3.66. The number of nitrogens with zero attached hydrogens (tertiary/aromatic N) is 3. The van der Waals surface area contributed by atoms with Gasteiger partial charge in [-0.1, -0.05) is 164 Å².